The lowest BCUT2D eigenvalue weighted by atomic mass is 9.84. The monoisotopic (exact) mass is 290 g/mol. The van der Waals surface area contributed by atoms with Gasteiger partial charge >= 0.3 is 0 Å². The molecule has 0 amide bonds. The summed E-state index contributed by atoms with van der Waals surface area (Å²) in [4.78, 5) is 2.56. The van der Waals surface area contributed by atoms with Gasteiger partial charge in [-0.3, -0.25) is 0 Å². The van der Waals surface area contributed by atoms with Crippen molar-refractivity contribution < 1.29 is 4.74 Å². The molecule has 1 N–H and O–H groups in total. The highest BCUT2D eigenvalue weighted by atomic mass is 16.5. The first-order valence-electron chi connectivity index (χ1n) is 8.18. The number of hydrogen-bond acceptors (Lipinski definition) is 3. The number of benzene rings is 1. The van der Waals surface area contributed by atoms with Crippen molar-refractivity contribution in [2.24, 2.45) is 5.41 Å². The average molecular weight is 290 g/mol. The van der Waals surface area contributed by atoms with Gasteiger partial charge in [-0.1, -0.05) is 27.7 Å². The quantitative estimate of drug-likeness (QED) is 0.915. The van der Waals surface area contributed by atoms with E-state index in [2.05, 4.69) is 62.2 Å². The van der Waals surface area contributed by atoms with Crippen molar-refractivity contribution in [2.45, 2.75) is 53.1 Å². The highest BCUT2D eigenvalue weighted by Crippen LogP contribution is 2.29. The van der Waals surface area contributed by atoms with E-state index in [1.807, 2.05) is 6.92 Å². The molecule has 0 spiro atoms. The van der Waals surface area contributed by atoms with E-state index in [4.69, 9.17) is 4.74 Å². The number of anilines is 1. The Morgan fingerprint density at radius 2 is 1.86 bits per heavy atom. The van der Waals surface area contributed by atoms with Crippen LogP contribution in [0.3, 0.4) is 0 Å². The summed E-state index contributed by atoms with van der Waals surface area (Å²) in [7, 11) is 0. The van der Waals surface area contributed by atoms with Gasteiger partial charge in [0.25, 0.3) is 0 Å². The minimum Gasteiger partial charge on any atom is -0.494 e. The molecule has 2 unspecified atom stereocenters. The Bertz CT molecular complexity index is 436. The summed E-state index contributed by atoms with van der Waals surface area (Å²) in [6.45, 7) is 14.1. The second kappa shape index (κ2) is 6.69. The first-order chi connectivity index (χ1) is 9.95. The maximum atomic E-state index is 5.55. The molecular weight excluding hydrogens is 260 g/mol. The molecule has 1 aromatic carbocycles. The largest absolute Gasteiger partial charge is 0.494 e. The Kier molecular flexibility index (Phi) is 5.15. The van der Waals surface area contributed by atoms with Gasteiger partial charge in [0.2, 0.25) is 0 Å². The van der Waals surface area contributed by atoms with Gasteiger partial charge in [-0.25, -0.2) is 0 Å². The van der Waals surface area contributed by atoms with Crippen molar-refractivity contribution in [3.8, 4) is 5.75 Å². The average Bonchev–Trinajstić information content (AvgIpc) is 2.47. The summed E-state index contributed by atoms with van der Waals surface area (Å²) in [6.07, 6.45) is 1.16. The normalized spacial score (nSPS) is 23.2. The van der Waals surface area contributed by atoms with Gasteiger partial charge in [0.15, 0.2) is 0 Å². The van der Waals surface area contributed by atoms with Crippen molar-refractivity contribution in [1.82, 2.24) is 5.32 Å². The Morgan fingerprint density at radius 1 is 1.19 bits per heavy atom. The zero-order valence-corrected chi connectivity index (χ0v) is 14.1. The lowest BCUT2D eigenvalue weighted by Crippen LogP contribution is -2.60. The Labute approximate surface area is 129 Å². The fraction of sp³-hybridized carbons (Fsp3) is 0.667. The van der Waals surface area contributed by atoms with Crippen LogP contribution in [0.5, 0.6) is 5.75 Å². The van der Waals surface area contributed by atoms with Crippen LogP contribution in [0.2, 0.25) is 0 Å². The molecule has 1 aromatic rings. The Morgan fingerprint density at radius 3 is 2.38 bits per heavy atom. The molecule has 3 heteroatoms. The molecule has 0 aliphatic carbocycles. The minimum absolute atomic E-state index is 0.280. The molecule has 21 heavy (non-hydrogen) atoms. The molecule has 118 valence electrons. The standard InChI is InChI=1S/C18H30N2O/c1-6-14-12-19-17(18(3,4)5)13-20(14)15-8-10-16(11-9-15)21-7-2/h8-11,14,17,19H,6-7,12-13H2,1-5H3. The smallest absolute Gasteiger partial charge is 0.119 e. The van der Waals surface area contributed by atoms with Crippen molar-refractivity contribution >= 4 is 5.69 Å². The zero-order valence-electron chi connectivity index (χ0n) is 14.1. The molecule has 2 atom stereocenters. The van der Waals surface area contributed by atoms with Gasteiger partial charge in [0, 0.05) is 30.9 Å². The molecular formula is C18H30N2O. The SMILES string of the molecule is CCOc1ccc(N2CC(C(C)(C)C)NCC2CC)cc1. The van der Waals surface area contributed by atoms with Gasteiger partial charge < -0.3 is 15.0 Å². The van der Waals surface area contributed by atoms with E-state index in [-0.39, 0.29) is 5.41 Å². The van der Waals surface area contributed by atoms with Crippen LogP contribution < -0.4 is 15.0 Å². The zero-order chi connectivity index (χ0) is 15.5. The lowest BCUT2D eigenvalue weighted by Gasteiger charge is -2.46. The van der Waals surface area contributed by atoms with E-state index >= 15 is 0 Å². The molecule has 0 radical (unpaired) electrons. The Balaban J connectivity index is 2.16. The predicted octanol–water partition coefficient (Wildman–Crippen LogP) is 3.69. The molecule has 1 aliphatic heterocycles. The number of hydrogen-bond donors (Lipinski definition) is 1. The third-order valence-electron chi connectivity index (χ3n) is 4.42. The van der Waals surface area contributed by atoms with Crippen LogP contribution in [0, 0.1) is 5.41 Å². The molecule has 0 saturated carbocycles. The minimum atomic E-state index is 0.280. The van der Waals surface area contributed by atoms with Crippen LogP contribution in [0.25, 0.3) is 0 Å². The van der Waals surface area contributed by atoms with Gasteiger partial charge in [-0.05, 0) is 43.0 Å². The molecule has 1 aliphatic rings. The second-order valence-electron chi connectivity index (χ2n) is 6.97. The summed E-state index contributed by atoms with van der Waals surface area (Å²) >= 11 is 0. The number of piperazine rings is 1. The third kappa shape index (κ3) is 3.91. The highest BCUT2D eigenvalue weighted by Gasteiger charge is 2.33. The summed E-state index contributed by atoms with van der Waals surface area (Å²) in [6, 6.07) is 9.64. The summed E-state index contributed by atoms with van der Waals surface area (Å²) < 4.78 is 5.55. The van der Waals surface area contributed by atoms with Gasteiger partial charge in [-0.2, -0.15) is 0 Å². The maximum Gasteiger partial charge on any atom is 0.119 e. The topological polar surface area (TPSA) is 24.5 Å². The maximum absolute atomic E-state index is 5.55. The van der Waals surface area contributed by atoms with Crippen LogP contribution in [0.15, 0.2) is 24.3 Å². The summed E-state index contributed by atoms with van der Waals surface area (Å²) in [5.74, 6) is 0.955. The number of rotatable bonds is 4. The molecule has 1 fully saturated rings. The summed E-state index contributed by atoms with van der Waals surface area (Å²) in [5.41, 5.74) is 1.59. The Hall–Kier alpha value is -1.22. The number of nitrogens with zero attached hydrogens (tertiary/aromatic N) is 1. The second-order valence-corrected chi connectivity index (χ2v) is 6.97. The molecule has 0 bridgehead atoms. The van der Waals surface area contributed by atoms with Crippen molar-refractivity contribution in [2.75, 3.05) is 24.6 Å². The van der Waals surface area contributed by atoms with Crippen LogP contribution in [-0.4, -0.2) is 31.8 Å². The first kappa shape index (κ1) is 16.2. The number of nitrogens with one attached hydrogen (secondary N) is 1. The molecule has 0 aromatic heterocycles. The lowest BCUT2D eigenvalue weighted by molar-refractivity contribution is 0.233. The molecule has 3 nitrogen and oxygen atoms in total. The highest BCUT2D eigenvalue weighted by molar-refractivity contribution is 5.51. The van der Waals surface area contributed by atoms with E-state index in [0.717, 1.165) is 31.9 Å². The fourth-order valence-electron chi connectivity index (χ4n) is 2.96. The van der Waals surface area contributed by atoms with Crippen molar-refractivity contribution in [1.29, 1.82) is 0 Å². The van der Waals surface area contributed by atoms with E-state index in [9.17, 15) is 0 Å². The summed E-state index contributed by atoms with van der Waals surface area (Å²) in [5, 5.41) is 3.73. The number of ether oxygens (including phenoxy) is 1. The van der Waals surface area contributed by atoms with Crippen molar-refractivity contribution in [3.63, 3.8) is 0 Å². The molecule has 1 saturated heterocycles. The van der Waals surface area contributed by atoms with Crippen LogP contribution in [-0.2, 0) is 0 Å². The van der Waals surface area contributed by atoms with Gasteiger partial charge in [-0.15, -0.1) is 0 Å². The predicted molar refractivity (Wildman–Crippen MR) is 90.3 cm³/mol. The molecule has 2 rings (SSSR count). The van der Waals surface area contributed by atoms with E-state index in [1.54, 1.807) is 0 Å². The van der Waals surface area contributed by atoms with Crippen LogP contribution in [0.1, 0.15) is 41.0 Å². The fourth-order valence-corrected chi connectivity index (χ4v) is 2.96. The van der Waals surface area contributed by atoms with Crippen LogP contribution in [0.4, 0.5) is 5.69 Å². The third-order valence-corrected chi connectivity index (χ3v) is 4.42. The van der Waals surface area contributed by atoms with E-state index < -0.39 is 0 Å². The van der Waals surface area contributed by atoms with E-state index in [0.29, 0.717) is 12.1 Å². The van der Waals surface area contributed by atoms with Gasteiger partial charge in [0.1, 0.15) is 5.75 Å². The molecule has 1 heterocycles. The van der Waals surface area contributed by atoms with Gasteiger partial charge in [0.05, 0.1) is 6.61 Å². The van der Waals surface area contributed by atoms with Crippen LogP contribution >= 0.6 is 0 Å². The first-order valence-corrected chi connectivity index (χ1v) is 8.18. The van der Waals surface area contributed by atoms with E-state index in [1.165, 1.54) is 5.69 Å². The van der Waals surface area contributed by atoms with Crippen molar-refractivity contribution in [3.05, 3.63) is 24.3 Å².